The van der Waals surface area contributed by atoms with E-state index in [1.807, 2.05) is 0 Å². The number of hydrogen-bond donors (Lipinski definition) is 0. The minimum Gasteiger partial charge on any atom is -0.378 e. The Hall–Kier alpha value is -0.370. The van der Waals surface area contributed by atoms with Crippen molar-refractivity contribution in [3.63, 3.8) is 0 Å². The number of Topliss-reactive ketones (excluding diaryl/α,β-unsaturated/α-hetero) is 1. The van der Waals surface area contributed by atoms with Crippen LogP contribution in [0.1, 0.15) is 26.7 Å². The molecule has 3 aliphatic rings. The quantitative estimate of drug-likeness (QED) is 0.613. The molecule has 72 valence electrons. The number of rotatable bonds is 1. The fourth-order valence-corrected chi connectivity index (χ4v) is 4.27. The number of ketones is 1. The third kappa shape index (κ3) is 0.653. The summed E-state index contributed by atoms with van der Waals surface area (Å²) < 4.78 is 5.59. The zero-order valence-corrected chi connectivity index (χ0v) is 8.46. The van der Waals surface area contributed by atoms with Gasteiger partial charge in [-0.05, 0) is 30.6 Å². The monoisotopic (exact) mass is 180 g/mol. The molecule has 0 radical (unpaired) electrons. The van der Waals surface area contributed by atoms with E-state index in [0.717, 1.165) is 12.8 Å². The molecule has 0 aromatic rings. The lowest BCUT2D eigenvalue weighted by molar-refractivity contribution is -0.120. The van der Waals surface area contributed by atoms with E-state index in [1.165, 1.54) is 0 Å². The van der Waals surface area contributed by atoms with Gasteiger partial charge in [0.05, 0.1) is 5.60 Å². The van der Waals surface area contributed by atoms with E-state index in [0.29, 0.717) is 29.0 Å². The Morgan fingerprint density at radius 3 is 2.69 bits per heavy atom. The minimum absolute atomic E-state index is 0.0118. The molecule has 0 unspecified atom stereocenters. The Kier molecular flexibility index (Phi) is 1.14. The molecule has 13 heavy (non-hydrogen) atoms. The van der Waals surface area contributed by atoms with Gasteiger partial charge in [0.25, 0.3) is 0 Å². The average Bonchev–Trinajstić information content (AvgIpc) is 2.39. The van der Waals surface area contributed by atoms with Crippen LogP contribution in [0.15, 0.2) is 0 Å². The van der Waals surface area contributed by atoms with Gasteiger partial charge < -0.3 is 4.74 Å². The average molecular weight is 180 g/mol. The molecular formula is C11H16O2. The maximum Gasteiger partial charge on any atom is 0.137 e. The summed E-state index contributed by atoms with van der Waals surface area (Å²) in [6.07, 6.45) is 1.86. The topological polar surface area (TPSA) is 26.3 Å². The van der Waals surface area contributed by atoms with Gasteiger partial charge in [-0.15, -0.1) is 0 Å². The Labute approximate surface area is 78.6 Å². The molecule has 0 N–H and O–H groups in total. The molecule has 0 heterocycles. The number of fused-ring (bicyclic) bond motifs is 1. The van der Waals surface area contributed by atoms with Crippen LogP contribution in [0.2, 0.25) is 0 Å². The van der Waals surface area contributed by atoms with Crippen LogP contribution in [0.3, 0.4) is 0 Å². The van der Waals surface area contributed by atoms with Crippen LogP contribution in [-0.2, 0) is 9.53 Å². The summed E-state index contributed by atoms with van der Waals surface area (Å²) in [5.41, 5.74) is 0.298. The fourth-order valence-electron chi connectivity index (χ4n) is 4.27. The van der Waals surface area contributed by atoms with Crippen LogP contribution < -0.4 is 0 Å². The lowest BCUT2D eigenvalue weighted by Crippen LogP contribution is -2.33. The van der Waals surface area contributed by atoms with Crippen molar-refractivity contribution in [1.82, 2.24) is 0 Å². The van der Waals surface area contributed by atoms with E-state index < -0.39 is 0 Å². The smallest absolute Gasteiger partial charge is 0.137 e. The number of carbonyl (C=O) groups excluding carboxylic acids is 1. The molecule has 3 fully saturated rings. The molecule has 0 aromatic heterocycles. The van der Waals surface area contributed by atoms with Crippen LogP contribution in [0.25, 0.3) is 0 Å². The van der Waals surface area contributed by atoms with Crippen LogP contribution in [-0.4, -0.2) is 18.5 Å². The third-order valence-electron chi connectivity index (χ3n) is 4.91. The van der Waals surface area contributed by atoms with Crippen LogP contribution in [0.5, 0.6) is 0 Å². The number of methoxy groups -OCH3 is 1. The van der Waals surface area contributed by atoms with Gasteiger partial charge in [-0.1, -0.05) is 6.92 Å². The van der Waals surface area contributed by atoms with Crippen molar-refractivity contribution in [2.45, 2.75) is 32.3 Å². The summed E-state index contributed by atoms with van der Waals surface area (Å²) in [5, 5.41) is 0. The number of carbonyl (C=O) groups is 1. The highest BCUT2D eigenvalue weighted by Crippen LogP contribution is 2.78. The third-order valence-corrected chi connectivity index (χ3v) is 4.91. The molecule has 3 rings (SSSR count). The number of ether oxygens (including phenoxy) is 1. The van der Waals surface area contributed by atoms with E-state index >= 15 is 0 Å². The van der Waals surface area contributed by atoms with Crippen molar-refractivity contribution < 1.29 is 9.53 Å². The van der Waals surface area contributed by atoms with Gasteiger partial charge in [0.15, 0.2) is 0 Å². The minimum atomic E-state index is -0.0118. The lowest BCUT2D eigenvalue weighted by Gasteiger charge is -2.30. The predicted molar refractivity (Wildman–Crippen MR) is 48.2 cm³/mol. The molecule has 0 aromatic carbocycles. The maximum absolute atomic E-state index is 11.6. The van der Waals surface area contributed by atoms with Crippen molar-refractivity contribution in [3.05, 3.63) is 0 Å². The first-order valence-electron chi connectivity index (χ1n) is 5.11. The summed E-state index contributed by atoms with van der Waals surface area (Å²) in [7, 11) is 1.78. The fraction of sp³-hybridized carbons (Fsp3) is 0.909. The van der Waals surface area contributed by atoms with Gasteiger partial charge in [-0.3, -0.25) is 4.79 Å². The summed E-state index contributed by atoms with van der Waals surface area (Å²) in [4.78, 5) is 11.6. The van der Waals surface area contributed by atoms with Crippen molar-refractivity contribution in [3.8, 4) is 0 Å². The van der Waals surface area contributed by atoms with Crippen LogP contribution in [0.4, 0.5) is 0 Å². The Bertz CT molecular complexity index is 298. The van der Waals surface area contributed by atoms with Gasteiger partial charge in [-0.2, -0.15) is 0 Å². The van der Waals surface area contributed by atoms with E-state index in [2.05, 4.69) is 13.8 Å². The van der Waals surface area contributed by atoms with E-state index in [9.17, 15) is 4.79 Å². The zero-order chi connectivity index (χ0) is 9.43. The summed E-state index contributed by atoms with van der Waals surface area (Å²) in [6, 6.07) is 0. The predicted octanol–water partition coefficient (Wildman–Crippen LogP) is 1.64. The first kappa shape index (κ1) is 7.98. The highest BCUT2D eigenvalue weighted by Gasteiger charge is 2.79. The van der Waals surface area contributed by atoms with Crippen molar-refractivity contribution in [1.29, 1.82) is 0 Å². The molecule has 2 nitrogen and oxygen atoms in total. The van der Waals surface area contributed by atoms with Crippen molar-refractivity contribution in [2.75, 3.05) is 7.11 Å². The Morgan fingerprint density at radius 2 is 2.15 bits per heavy atom. The van der Waals surface area contributed by atoms with Crippen molar-refractivity contribution >= 4 is 5.78 Å². The molecule has 3 aliphatic carbocycles. The Balaban J connectivity index is 2.01. The first-order valence-corrected chi connectivity index (χ1v) is 5.11. The lowest BCUT2D eigenvalue weighted by atomic mass is 9.88. The molecular weight excluding hydrogens is 164 g/mol. The van der Waals surface area contributed by atoms with Gasteiger partial charge >= 0.3 is 0 Å². The largest absolute Gasteiger partial charge is 0.378 e. The van der Waals surface area contributed by atoms with Gasteiger partial charge in [0, 0.05) is 19.4 Å². The van der Waals surface area contributed by atoms with Crippen molar-refractivity contribution in [2.24, 2.45) is 23.2 Å². The summed E-state index contributed by atoms with van der Waals surface area (Å²) >= 11 is 0. The van der Waals surface area contributed by atoms with Gasteiger partial charge in [0.2, 0.25) is 0 Å². The van der Waals surface area contributed by atoms with Gasteiger partial charge in [-0.25, -0.2) is 0 Å². The molecule has 0 bridgehead atoms. The Morgan fingerprint density at radius 1 is 1.46 bits per heavy atom. The highest BCUT2D eigenvalue weighted by atomic mass is 16.5. The van der Waals surface area contributed by atoms with Gasteiger partial charge in [0.1, 0.15) is 5.78 Å². The molecule has 2 heteroatoms. The summed E-state index contributed by atoms with van der Waals surface area (Å²) in [6.45, 7) is 4.43. The molecule has 0 spiro atoms. The molecule has 3 saturated carbocycles. The number of hydrogen-bond acceptors (Lipinski definition) is 2. The second-order valence-electron chi connectivity index (χ2n) is 5.48. The van der Waals surface area contributed by atoms with Crippen LogP contribution in [0, 0.1) is 23.2 Å². The summed E-state index contributed by atoms with van der Waals surface area (Å²) in [5.74, 6) is 2.07. The normalized spacial score (nSPS) is 62.7. The zero-order valence-electron chi connectivity index (χ0n) is 8.46. The molecule has 5 atom stereocenters. The second kappa shape index (κ2) is 1.85. The SMILES string of the molecule is CO[C@]1(C)C[C@@]2(C)[C@@H]3[C@H]2C(=O)C[C@@H]31. The first-order chi connectivity index (χ1) is 6.03. The standard InChI is InChI=1S/C11H16O2/c1-10-5-11(2,13-3)6-4-7(12)9(10)8(6)10/h6,8-9H,4-5H2,1-3H3/t6-,8-,9+,10-,11+/m0/s1. The highest BCUT2D eigenvalue weighted by molar-refractivity contribution is 5.89. The van der Waals surface area contributed by atoms with E-state index in [-0.39, 0.29) is 5.60 Å². The molecule has 0 aliphatic heterocycles. The maximum atomic E-state index is 11.6. The molecule has 0 saturated heterocycles. The van der Waals surface area contributed by atoms with E-state index in [1.54, 1.807) is 7.11 Å². The molecule has 0 amide bonds. The van der Waals surface area contributed by atoms with Crippen LogP contribution >= 0.6 is 0 Å². The van der Waals surface area contributed by atoms with E-state index in [4.69, 9.17) is 4.74 Å². The second-order valence-corrected chi connectivity index (χ2v) is 5.48.